The van der Waals surface area contributed by atoms with Crippen molar-refractivity contribution in [1.29, 1.82) is 10.5 Å². The summed E-state index contributed by atoms with van der Waals surface area (Å²) in [5.41, 5.74) is -0.216. The molecule has 0 saturated heterocycles. The fourth-order valence-electron chi connectivity index (χ4n) is 0.987. The van der Waals surface area contributed by atoms with Crippen LogP contribution in [-0.2, 0) is 6.42 Å². The van der Waals surface area contributed by atoms with Crippen LogP contribution in [0, 0.1) is 28.5 Å². The summed E-state index contributed by atoms with van der Waals surface area (Å²) in [6, 6.07) is 5.50. The average molecular weight is 176 g/mol. The number of phenolic OH excluding ortho intramolecular Hbond substituents is 1. The lowest BCUT2D eigenvalue weighted by atomic mass is 10.0. The Bertz CT molecular complexity index is 415. The van der Waals surface area contributed by atoms with Gasteiger partial charge in [0.15, 0.2) is 0 Å². The Morgan fingerprint density at radius 3 is 2.62 bits per heavy atom. The van der Waals surface area contributed by atoms with Gasteiger partial charge in [0.1, 0.15) is 23.2 Å². The van der Waals surface area contributed by atoms with Crippen LogP contribution in [0.3, 0.4) is 0 Å². The number of benzene rings is 1. The van der Waals surface area contributed by atoms with Crippen molar-refractivity contribution in [1.82, 2.24) is 0 Å². The highest BCUT2D eigenvalue weighted by Crippen LogP contribution is 2.22. The second kappa shape index (κ2) is 3.55. The van der Waals surface area contributed by atoms with Crippen LogP contribution in [0.15, 0.2) is 12.1 Å². The van der Waals surface area contributed by atoms with Gasteiger partial charge in [-0.3, -0.25) is 0 Å². The topological polar surface area (TPSA) is 67.8 Å². The molecule has 0 saturated carbocycles. The van der Waals surface area contributed by atoms with Crippen LogP contribution < -0.4 is 0 Å². The van der Waals surface area contributed by atoms with E-state index in [1.54, 1.807) is 12.1 Å². The van der Waals surface area contributed by atoms with E-state index in [0.717, 1.165) is 12.1 Å². The molecule has 0 amide bonds. The van der Waals surface area contributed by atoms with Gasteiger partial charge in [0.25, 0.3) is 0 Å². The van der Waals surface area contributed by atoms with Gasteiger partial charge in [0, 0.05) is 5.56 Å². The number of hydrogen-bond donors (Lipinski definition) is 1. The molecule has 0 aliphatic carbocycles. The van der Waals surface area contributed by atoms with Crippen LogP contribution in [0.25, 0.3) is 0 Å². The lowest BCUT2D eigenvalue weighted by Gasteiger charge is -2.02. The van der Waals surface area contributed by atoms with Crippen LogP contribution in [-0.4, -0.2) is 5.11 Å². The van der Waals surface area contributed by atoms with Gasteiger partial charge in [0.2, 0.25) is 0 Å². The summed E-state index contributed by atoms with van der Waals surface area (Å²) >= 11 is 0. The van der Waals surface area contributed by atoms with Crippen molar-refractivity contribution >= 4 is 0 Å². The number of aromatic hydroxyl groups is 1. The zero-order valence-electron chi connectivity index (χ0n) is 6.58. The van der Waals surface area contributed by atoms with Crippen LogP contribution in [0.4, 0.5) is 4.39 Å². The van der Waals surface area contributed by atoms with Gasteiger partial charge < -0.3 is 5.11 Å². The molecule has 0 aliphatic heterocycles. The van der Waals surface area contributed by atoms with Gasteiger partial charge >= 0.3 is 0 Å². The molecule has 0 heterocycles. The molecule has 1 aromatic carbocycles. The number of rotatable bonds is 1. The monoisotopic (exact) mass is 176 g/mol. The van der Waals surface area contributed by atoms with E-state index in [2.05, 4.69) is 0 Å². The molecule has 4 heteroatoms. The molecule has 0 radical (unpaired) electrons. The smallest absolute Gasteiger partial charge is 0.133 e. The van der Waals surface area contributed by atoms with Crippen molar-refractivity contribution in [2.75, 3.05) is 0 Å². The van der Waals surface area contributed by atoms with E-state index >= 15 is 0 Å². The number of nitrogens with zero attached hydrogens (tertiary/aromatic N) is 2. The predicted octanol–water partition coefficient (Wildman–Crippen LogP) is 1.47. The maximum Gasteiger partial charge on any atom is 0.133 e. The average Bonchev–Trinajstić information content (AvgIpc) is 2.12. The first-order chi connectivity index (χ1) is 6.20. The van der Waals surface area contributed by atoms with Gasteiger partial charge in [0.05, 0.1) is 12.5 Å². The number of phenols is 1. The summed E-state index contributed by atoms with van der Waals surface area (Å²) in [6.45, 7) is 0. The first-order valence-corrected chi connectivity index (χ1v) is 3.48. The zero-order chi connectivity index (χ0) is 9.84. The molecule has 0 aliphatic rings. The minimum absolute atomic E-state index is 0.0509. The predicted molar refractivity (Wildman–Crippen MR) is 42.1 cm³/mol. The van der Waals surface area contributed by atoms with Crippen molar-refractivity contribution in [3.8, 4) is 17.9 Å². The summed E-state index contributed by atoms with van der Waals surface area (Å²) in [5, 5.41) is 26.1. The van der Waals surface area contributed by atoms with Gasteiger partial charge in [-0.2, -0.15) is 10.5 Å². The summed E-state index contributed by atoms with van der Waals surface area (Å²) in [5.74, 6) is -0.940. The van der Waals surface area contributed by atoms with Gasteiger partial charge in [-0.15, -0.1) is 0 Å². The molecule has 0 unspecified atom stereocenters. The Morgan fingerprint density at radius 2 is 2.08 bits per heavy atom. The summed E-state index contributed by atoms with van der Waals surface area (Å²) in [7, 11) is 0. The molecular formula is C9H5FN2O. The van der Waals surface area contributed by atoms with Crippen molar-refractivity contribution in [3.63, 3.8) is 0 Å². The van der Waals surface area contributed by atoms with Gasteiger partial charge in [-0.05, 0) is 12.1 Å². The molecule has 1 rings (SSSR count). The van der Waals surface area contributed by atoms with E-state index in [9.17, 15) is 4.39 Å². The van der Waals surface area contributed by atoms with E-state index in [1.165, 1.54) is 0 Å². The molecule has 0 atom stereocenters. The molecule has 0 fully saturated rings. The Kier molecular flexibility index (Phi) is 2.47. The lowest BCUT2D eigenvalue weighted by Crippen LogP contribution is -1.94. The van der Waals surface area contributed by atoms with E-state index in [0.29, 0.717) is 0 Å². The maximum absolute atomic E-state index is 13.0. The Labute approximate surface area is 74.3 Å². The Hall–Kier alpha value is -2.07. The standard InChI is InChI=1S/C9H5FN2O/c10-8-1-2-9(13)7(5-12)6(8)3-4-11/h1-2,13H,3H2. The second-order valence-corrected chi connectivity index (χ2v) is 2.37. The van der Waals surface area contributed by atoms with Crippen molar-refractivity contribution < 1.29 is 9.50 Å². The normalized spacial score (nSPS) is 8.85. The van der Waals surface area contributed by atoms with E-state index < -0.39 is 5.82 Å². The first kappa shape index (κ1) is 9.02. The van der Waals surface area contributed by atoms with E-state index in [4.69, 9.17) is 15.6 Å². The molecule has 1 N–H and O–H groups in total. The molecule has 0 aromatic heterocycles. The molecule has 1 aromatic rings. The lowest BCUT2D eigenvalue weighted by molar-refractivity contribution is 0.470. The Balaban J connectivity index is 3.39. The summed E-state index contributed by atoms with van der Waals surface area (Å²) in [4.78, 5) is 0. The van der Waals surface area contributed by atoms with Crippen molar-refractivity contribution in [2.24, 2.45) is 0 Å². The highest BCUT2D eigenvalue weighted by molar-refractivity contribution is 5.49. The number of halogens is 1. The van der Waals surface area contributed by atoms with E-state index in [-0.39, 0.29) is 23.3 Å². The summed E-state index contributed by atoms with van der Waals surface area (Å²) in [6.07, 6.45) is -0.219. The van der Waals surface area contributed by atoms with Crippen LogP contribution in [0.2, 0.25) is 0 Å². The van der Waals surface area contributed by atoms with Gasteiger partial charge in [-0.25, -0.2) is 4.39 Å². The highest BCUT2D eigenvalue weighted by atomic mass is 19.1. The minimum Gasteiger partial charge on any atom is -0.507 e. The number of hydrogen-bond acceptors (Lipinski definition) is 3. The van der Waals surface area contributed by atoms with E-state index in [1.807, 2.05) is 0 Å². The third-order valence-electron chi connectivity index (χ3n) is 1.60. The summed E-state index contributed by atoms with van der Waals surface area (Å²) < 4.78 is 13.0. The fourth-order valence-corrected chi connectivity index (χ4v) is 0.987. The quantitative estimate of drug-likeness (QED) is 0.704. The zero-order valence-corrected chi connectivity index (χ0v) is 6.58. The molecule has 13 heavy (non-hydrogen) atoms. The molecule has 3 nitrogen and oxygen atoms in total. The first-order valence-electron chi connectivity index (χ1n) is 3.48. The van der Waals surface area contributed by atoms with Gasteiger partial charge in [-0.1, -0.05) is 0 Å². The molecule has 64 valence electrons. The van der Waals surface area contributed by atoms with Crippen molar-refractivity contribution in [2.45, 2.75) is 6.42 Å². The fraction of sp³-hybridized carbons (Fsp3) is 0.111. The molecule has 0 spiro atoms. The third-order valence-corrected chi connectivity index (χ3v) is 1.60. The molecule has 0 bridgehead atoms. The maximum atomic E-state index is 13.0. The Morgan fingerprint density at radius 1 is 1.38 bits per heavy atom. The highest BCUT2D eigenvalue weighted by Gasteiger charge is 2.11. The van der Waals surface area contributed by atoms with Crippen molar-refractivity contribution in [3.05, 3.63) is 29.1 Å². The minimum atomic E-state index is -0.643. The van der Waals surface area contributed by atoms with Crippen LogP contribution >= 0.6 is 0 Å². The third kappa shape index (κ3) is 1.57. The number of nitriles is 2. The van der Waals surface area contributed by atoms with Crippen LogP contribution in [0.1, 0.15) is 11.1 Å². The SMILES string of the molecule is N#CCc1c(F)ccc(O)c1C#N. The second-order valence-electron chi connectivity index (χ2n) is 2.37. The largest absolute Gasteiger partial charge is 0.507 e. The molecular weight excluding hydrogens is 171 g/mol. The van der Waals surface area contributed by atoms with Crippen LogP contribution in [0.5, 0.6) is 5.75 Å².